The molecule has 14 nitrogen and oxygen atoms in total. The van der Waals surface area contributed by atoms with Crippen LogP contribution in [0.2, 0.25) is 0 Å². The Balaban J connectivity index is 0.768. The molecule has 3 fully saturated rings. The monoisotopic (exact) mass is 1190 g/mol. The quantitative estimate of drug-likeness (QED) is 0.0321. The average Bonchev–Trinajstić information content (AvgIpc) is 1.41. The molecule has 2 aromatic rings. The molecule has 0 bridgehead atoms. The van der Waals surface area contributed by atoms with Gasteiger partial charge in [0.2, 0.25) is 17.7 Å². The van der Waals surface area contributed by atoms with Crippen molar-refractivity contribution in [3.8, 4) is 11.1 Å². The molecule has 0 aliphatic heterocycles. The fourth-order valence-corrected chi connectivity index (χ4v) is 16.1. The molecule has 14 heteroatoms. The predicted molar refractivity (Wildman–Crippen MR) is 344 cm³/mol. The van der Waals surface area contributed by atoms with E-state index in [9.17, 15) is 24.0 Å². The molecule has 5 aliphatic rings. The van der Waals surface area contributed by atoms with Crippen LogP contribution in [0.4, 0.5) is 9.59 Å². The summed E-state index contributed by atoms with van der Waals surface area (Å²) in [6, 6.07) is 15.1. The van der Waals surface area contributed by atoms with Crippen molar-refractivity contribution in [2.24, 2.45) is 46.3 Å². The molecule has 0 saturated heterocycles. The number of hydrogen-bond donors (Lipinski definition) is 5. The second-order valence-corrected chi connectivity index (χ2v) is 27.3. The normalized spacial score (nSPS) is 23.6. The highest BCUT2D eigenvalue weighted by atomic mass is 16.6. The van der Waals surface area contributed by atoms with Crippen LogP contribution in [0.25, 0.3) is 11.1 Å². The van der Waals surface area contributed by atoms with Crippen LogP contribution in [0, 0.1) is 46.3 Å². The van der Waals surface area contributed by atoms with Gasteiger partial charge >= 0.3 is 12.2 Å². The molecule has 5 N–H and O–H groups in total. The zero-order valence-corrected chi connectivity index (χ0v) is 54.0. The number of alkyl carbamates (subject to hydrolysis) is 2. The summed E-state index contributed by atoms with van der Waals surface area (Å²) >= 11 is 0. The number of carbonyl (C=O) groups is 5. The Hall–Kier alpha value is -4.95. The minimum Gasteiger partial charge on any atom is -0.449 e. The van der Waals surface area contributed by atoms with E-state index in [-0.39, 0.29) is 88.2 Å². The van der Waals surface area contributed by atoms with Gasteiger partial charge in [-0.25, -0.2) is 9.59 Å². The first-order valence-corrected chi connectivity index (χ1v) is 34.4. The minimum atomic E-state index is -1.06. The molecular weight excluding hydrogens is 1080 g/mol. The Bertz CT molecular complexity index is 2400. The maximum Gasteiger partial charge on any atom is 0.407 e. The highest BCUT2D eigenvalue weighted by Crippen LogP contribution is 2.67. The van der Waals surface area contributed by atoms with Crippen molar-refractivity contribution < 1.29 is 42.9 Å². The van der Waals surface area contributed by atoms with Crippen molar-refractivity contribution in [3.63, 3.8) is 0 Å². The first kappa shape index (κ1) is 68.5. The van der Waals surface area contributed by atoms with Crippen molar-refractivity contribution in [1.29, 1.82) is 0 Å². The Kier molecular flexibility index (Phi) is 28.6. The van der Waals surface area contributed by atoms with Gasteiger partial charge in [0.15, 0.2) is 0 Å². The van der Waals surface area contributed by atoms with Gasteiger partial charge in [0.25, 0.3) is 0 Å². The van der Waals surface area contributed by atoms with Crippen LogP contribution < -0.4 is 26.6 Å². The Morgan fingerprint density at radius 2 is 1.17 bits per heavy atom. The minimum absolute atomic E-state index is 0.0259. The molecule has 0 unspecified atom stereocenters. The van der Waals surface area contributed by atoms with E-state index < -0.39 is 24.1 Å². The molecule has 0 aromatic heterocycles. The van der Waals surface area contributed by atoms with Gasteiger partial charge in [0.05, 0.1) is 26.4 Å². The van der Waals surface area contributed by atoms with E-state index >= 15 is 0 Å². The van der Waals surface area contributed by atoms with Crippen LogP contribution in [0.1, 0.15) is 232 Å². The van der Waals surface area contributed by atoms with Crippen LogP contribution in [-0.2, 0) is 33.3 Å². The summed E-state index contributed by atoms with van der Waals surface area (Å²) in [5.41, 5.74) is 6.49. The number of fused-ring (bicyclic) bond motifs is 8. The number of allylic oxidation sites excluding steroid dienone is 1. The topological polar surface area (TPSA) is 182 Å². The van der Waals surface area contributed by atoms with E-state index in [2.05, 4.69) is 86.3 Å². The number of hydrogen-bond acceptors (Lipinski definition) is 9. The first-order chi connectivity index (χ1) is 41.7. The van der Waals surface area contributed by atoms with Gasteiger partial charge in [0.1, 0.15) is 18.8 Å². The highest BCUT2D eigenvalue weighted by Gasteiger charge is 2.59. The molecule has 9 atom stereocenters. The Morgan fingerprint density at radius 3 is 1.80 bits per heavy atom. The van der Waals surface area contributed by atoms with E-state index in [1.165, 1.54) is 121 Å². The maximum atomic E-state index is 13.6. The largest absolute Gasteiger partial charge is 0.449 e. The molecule has 0 radical (unpaired) electrons. The molecule has 0 spiro atoms. The van der Waals surface area contributed by atoms with Gasteiger partial charge < -0.3 is 45.5 Å². The van der Waals surface area contributed by atoms with Crippen LogP contribution in [0.15, 0.2) is 60.2 Å². The molecule has 7 rings (SSSR count). The molecular formula is C72H113N5O9. The van der Waals surface area contributed by atoms with Crippen molar-refractivity contribution in [2.75, 3.05) is 59.2 Å². The summed E-state index contributed by atoms with van der Waals surface area (Å²) in [5.74, 6) is 3.81. The molecule has 3 saturated carbocycles. The molecule has 480 valence electrons. The van der Waals surface area contributed by atoms with Gasteiger partial charge in [-0.2, -0.15) is 0 Å². The van der Waals surface area contributed by atoms with E-state index in [0.717, 1.165) is 90.4 Å². The number of carbonyl (C=O) groups excluding carboxylic acids is 5. The lowest BCUT2D eigenvalue weighted by atomic mass is 9.47. The zero-order chi connectivity index (χ0) is 61.2. The van der Waals surface area contributed by atoms with Crippen molar-refractivity contribution in [2.45, 2.75) is 233 Å². The van der Waals surface area contributed by atoms with Crippen LogP contribution in [-0.4, -0.2) is 101 Å². The Labute approximate surface area is 518 Å². The van der Waals surface area contributed by atoms with Crippen molar-refractivity contribution >= 4 is 29.9 Å². The van der Waals surface area contributed by atoms with Crippen molar-refractivity contribution in [1.82, 2.24) is 26.6 Å². The number of unbranched alkanes of at least 4 members (excludes halogenated alkanes) is 12. The molecule has 5 aliphatic carbocycles. The average molecular weight is 1190 g/mol. The number of benzene rings is 2. The van der Waals surface area contributed by atoms with Crippen LogP contribution in [0.5, 0.6) is 0 Å². The number of ether oxygens (including phenoxy) is 4. The van der Waals surface area contributed by atoms with Gasteiger partial charge in [-0.1, -0.05) is 198 Å². The fraction of sp³-hybridized carbons (Fsp3) is 0.736. The Morgan fingerprint density at radius 1 is 0.593 bits per heavy atom. The predicted octanol–water partition coefficient (Wildman–Crippen LogP) is 14.7. The molecule has 0 heterocycles. The van der Waals surface area contributed by atoms with E-state index in [0.29, 0.717) is 30.9 Å². The second kappa shape index (κ2) is 35.9. The number of amides is 5. The lowest BCUT2D eigenvalue weighted by molar-refractivity contribution is -0.124. The van der Waals surface area contributed by atoms with Gasteiger partial charge in [0, 0.05) is 51.4 Å². The lowest BCUT2D eigenvalue weighted by Gasteiger charge is -2.58. The number of rotatable bonds is 39. The zero-order valence-electron chi connectivity index (χ0n) is 54.0. The molecule has 86 heavy (non-hydrogen) atoms. The smallest absolute Gasteiger partial charge is 0.407 e. The first-order valence-electron chi connectivity index (χ1n) is 34.4. The van der Waals surface area contributed by atoms with E-state index in [4.69, 9.17) is 18.9 Å². The number of nitrogens with one attached hydrogen (secondary N) is 5. The lowest BCUT2D eigenvalue weighted by Crippen LogP contribution is -2.51. The molecule has 2 aromatic carbocycles. The van der Waals surface area contributed by atoms with Gasteiger partial charge in [-0.05, 0) is 126 Å². The molecule has 5 amide bonds. The fourth-order valence-electron chi connectivity index (χ4n) is 16.1. The summed E-state index contributed by atoms with van der Waals surface area (Å²) in [6.45, 7) is 16.8. The summed E-state index contributed by atoms with van der Waals surface area (Å²) < 4.78 is 23.2. The summed E-state index contributed by atoms with van der Waals surface area (Å²) in [5, 5.41) is 14.2. The third-order valence-corrected chi connectivity index (χ3v) is 20.9. The second-order valence-electron chi connectivity index (χ2n) is 27.3. The van der Waals surface area contributed by atoms with Gasteiger partial charge in [-0.15, -0.1) is 0 Å². The van der Waals surface area contributed by atoms with E-state index in [1.54, 1.807) is 0 Å². The highest BCUT2D eigenvalue weighted by molar-refractivity contribution is 5.86. The van der Waals surface area contributed by atoms with Crippen molar-refractivity contribution in [3.05, 3.63) is 71.3 Å². The summed E-state index contributed by atoms with van der Waals surface area (Å²) in [7, 11) is 0. The van der Waals surface area contributed by atoms with Gasteiger partial charge in [-0.3, -0.25) is 14.4 Å². The summed E-state index contributed by atoms with van der Waals surface area (Å²) in [4.78, 5) is 65.5. The summed E-state index contributed by atoms with van der Waals surface area (Å²) in [6.07, 6.45) is 31.6. The van der Waals surface area contributed by atoms with Crippen LogP contribution >= 0.6 is 0 Å². The third-order valence-electron chi connectivity index (χ3n) is 20.9. The SMILES string of the molecule is CCCCCCCCCCCCCCCC(=O)NCCOCCNC(=O)CC[C@H](NC(=O)OCC1c2ccccc2-c2ccccc21)C(=O)NCCOCCNC(=O)O[C@H]1CC[C@@]2(C)C(=CC[C@H]3[C@@H]4CC[C@H]([C@H](C)CCCC(C)C)[C@@]4(C)CC[C@@H]32)C1. The standard InChI is InChI=1S/C72H113N5O9/c1-7-8-9-10-11-12-13-14-15-16-17-18-19-31-66(78)73-42-46-83-47-43-74-67(79)37-36-65(77-70(82)85-51-61-58-29-22-20-27-56(58)57-28-21-23-30-59(57)61)68(80)75-44-48-84-49-45-76-69(81)86-55-38-40-71(5)54(50-55)32-33-60-63-35-34-62(53(4)26-24-25-52(2)3)72(63,6)41-39-64(60)71/h20-23,27-30,32,52-53,55,60-65H,7-19,24-26,31,33-51H2,1-6H3,(H,73,78)(H,74,79)(H,75,80)(H,76,81)(H,77,82)/t53-,55+,60+,62-,63+,64+,65+,71+,72-/m1/s1. The van der Waals surface area contributed by atoms with E-state index in [1.807, 2.05) is 36.4 Å². The maximum absolute atomic E-state index is 13.6. The van der Waals surface area contributed by atoms with Crippen LogP contribution in [0.3, 0.4) is 0 Å². The third kappa shape index (κ3) is 20.3.